The Balaban J connectivity index is 2.01. The number of hydrogen-bond donors (Lipinski definition) is 1. The van der Waals surface area contributed by atoms with Crippen LogP contribution in [0.4, 0.5) is 5.69 Å². The minimum absolute atomic E-state index is 0.0782. The van der Waals surface area contributed by atoms with E-state index in [4.69, 9.17) is 23.2 Å². The van der Waals surface area contributed by atoms with E-state index >= 15 is 0 Å². The van der Waals surface area contributed by atoms with Crippen LogP contribution in [0.25, 0.3) is 0 Å². The van der Waals surface area contributed by atoms with E-state index in [0.29, 0.717) is 22.2 Å². The number of carbonyl (C=O) groups excluding carboxylic acids is 1. The van der Waals surface area contributed by atoms with Gasteiger partial charge in [-0.15, -0.1) is 0 Å². The van der Waals surface area contributed by atoms with E-state index in [9.17, 15) is 4.79 Å². The summed E-state index contributed by atoms with van der Waals surface area (Å²) in [6.45, 7) is 2.02. The number of rotatable bonds is 4. The minimum atomic E-state index is -0.0782. The number of amides is 1. The SMILES string of the molecule is CC(CC(=O)Nc1cccc(Cl)c1Cl)c1ccccc1. The Labute approximate surface area is 128 Å². The van der Waals surface area contributed by atoms with Crippen LogP contribution in [0.3, 0.4) is 0 Å². The highest BCUT2D eigenvalue weighted by Crippen LogP contribution is 2.30. The van der Waals surface area contributed by atoms with Gasteiger partial charge >= 0.3 is 0 Å². The topological polar surface area (TPSA) is 29.1 Å². The molecular formula is C16H15Cl2NO. The summed E-state index contributed by atoms with van der Waals surface area (Å²) in [6.07, 6.45) is 0.396. The third-order valence-electron chi connectivity index (χ3n) is 3.09. The molecule has 0 aliphatic rings. The Kier molecular flexibility index (Phi) is 5.05. The molecule has 0 spiro atoms. The maximum atomic E-state index is 12.0. The second kappa shape index (κ2) is 6.78. The lowest BCUT2D eigenvalue weighted by Gasteiger charge is -2.13. The van der Waals surface area contributed by atoms with Crippen molar-refractivity contribution in [2.24, 2.45) is 0 Å². The molecule has 0 saturated heterocycles. The maximum absolute atomic E-state index is 12.0. The second-order valence-electron chi connectivity index (χ2n) is 4.67. The van der Waals surface area contributed by atoms with Crippen molar-refractivity contribution < 1.29 is 4.79 Å². The third kappa shape index (κ3) is 3.75. The molecule has 1 unspecified atom stereocenters. The van der Waals surface area contributed by atoms with Gasteiger partial charge in [0.25, 0.3) is 0 Å². The number of carbonyl (C=O) groups is 1. The number of halogens is 2. The van der Waals surface area contributed by atoms with Gasteiger partial charge in [-0.25, -0.2) is 0 Å². The van der Waals surface area contributed by atoms with Crippen LogP contribution < -0.4 is 5.32 Å². The number of nitrogens with one attached hydrogen (secondary N) is 1. The molecule has 2 rings (SSSR count). The zero-order valence-electron chi connectivity index (χ0n) is 11.1. The normalized spacial score (nSPS) is 11.9. The van der Waals surface area contributed by atoms with E-state index in [1.807, 2.05) is 37.3 Å². The van der Waals surface area contributed by atoms with Gasteiger partial charge in [0.05, 0.1) is 15.7 Å². The number of anilines is 1. The van der Waals surface area contributed by atoms with E-state index in [-0.39, 0.29) is 11.8 Å². The molecule has 0 aliphatic heterocycles. The first-order valence-electron chi connectivity index (χ1n) is 6.36. The van der Waals surface area contributed by atoms with Crippen LogP contribution >= 0.6 is 23.2 Å². The molecule has 1 amide bonds. The zero-order valence-corrected chi connectivity index (χ0v) is 12.6. The molecule has 0 saturated carbocycles. The monoisotopic (exact) mass is 307 g/mol. The van der Waals surface area contributed by atoms with E-state index in [1.165, 1.54) is 0 Å². The summed E-state index contributed by atoms with van der Waals surface area (Å²) in [5.74, 6) is 0.0691. The van der Waals surface area contributed by atoms with Crippen molar-refractivity contribution >= 4 is 34.8 Å². The molecule has 0 aliphatic carbocycles. The summed E-state index contributed by atoms with van der Waals surface area (Å²) >= 11 is 12.0. The lowest BCUT2D eigenvalue weighted by molar-refractivity contribution is -0.116. The third-order valence-corrected chi connectivity index (χ3v) is 3.90. The molecule has 20 heavy (non-hydrogen) atoms. The van der Waals surface area contributed by atoms with Crippen LogP contribution in [-0.4, -0.2) is 5.91 Å². The smallest absolute Gasteiger partial charge is 0.225 e. The van der Waals surface area contributed by atoms with Crippen LogP contribution in [0.5, 0.6) is 0 Å². The molecule has 1 N–H and O–H groups in total. The highest BCUT2D eigenvalue weighted by Gasteiger charge is 2.13. The van der Waals surface area contributed by atoms with Crippen molar-refractivity contribution in [2.75, 3.05) is 5.32 Å². The fourth-order valence-electron chi connectivity index (χ4n) is 1.98. The highest BCUT2D eigenvalue weighted by atomic mass is 35.5. The van der Waals surface area contributed by atoms with Crippen molar-refractivity contribution in [2.45, 2.75) is 19.3 Å². The molecule has 2 aromatic carbocycles. The molecule has 0 fully saturated rings. The Morgan fingerprint density at radius 2 is 1.80 bits per heavy atom. The molecule has 0 heterocycles. The van der Waals surface area contributed by atoms with Crippen LogP contribution in [-0.2, 0) is 4.79 Å². The van der Waals surface area contributed by atoms with Gasteiger partial charge in [-0.2, -0.15) is 0 Å². The molecule has 0 aromatic heterocycles. The summed E-state index contributed by atoms with van der Waals surface area (Å²) in [5.41, 5.74) is 1.68. The predicted molar refractivity (Wildman–Crippen MR) is 84.6 cm³/mol. The quantitative estimate of drug-likeness (QED) is 0.834. The summed E-state index contributed by atoms with van der Waals surface area (Å²) < 4.78 is 0. The van der Waals surface area contributed by atoms with Gasteiger partial charge in [0.15, 0.2) is 0 Å². The van der Waals surface area contributed by atoms with Crippen LogP contribution in [0.1, 0.15) is 24.8 Å². The van der Waals surface area contributed by atoms with Gasteiger partial charge in [-0.05, 0) is 23.6 Å². The average molecular weight is 308 g/mol. The van der Waals surface area contributed by atoms with Crippen molar-refractivity contribution in [1.82, 2.24) is 0 Å². The predicted octanol–water partition coefficient (Wildman–Crippen LogP) is 5.13. The van der Waals surface area contributed by atoms with Gasteiger partial charge in [0.1, 0.15) is 0 Å². The zero-order chi connectivity index (χ0) is 14.5. The van der Waals surface area contributed by atoms with Crippen LogP contribution in [0.2, 0.25) is 10.0 Å². The summed E-state index contributed by atoms with van der Waals surface area (Å²) in [7, 11) is 0. The van der Waals surface area contributed by atoms with E-state index in [2.05, 4.69) is 5.32 Å². The summed E-state index contributed by atoms with van der Waals surface area (Å²) in [5, 5.41) is 3.60. The van der Waals surface area contributed by atoms with Crippen LogP contribution in [0.15, 0.2) is 48.5 Å². The Bertz CT molecular complexity index is 599. The fourth-order valence-corrected chi connectivity index (χ4v) is 2.33. The average Bonchev–Trinajstić information content (AvgIpc) is 2.45. The van der Waals surface area contributed by atoms with Crippen molar-refractivity contribution in [3.8, 4) is 0 Å². The Morgan fingerprint density at radius 1 is 1.10 bits per heavy atom. The van der Waals surface area contributed by atoms with Gasteiger partial charge in [-0.3, -0.25) is 4.79 Å². The molecule has 1 atom stereocenters. The first kappa shape index (κ1) is 14.9. The van der Waals surface area contributed by atoms with Gasteiger partial charge in [0.2, 0.25) is 5.91 Å². The molecular weight excluding hydrogens is 293 g/mol. The largest absolute Gasteiger partial charge is 0.325 e. The summed E-state index contributed by atoms with van der Waals surface area (Å²) in [6, 6.07) is 15.1. The summed E-state index contributed by atoms with van der Waals surface area (Å²) in [4.78, 5) is 12.0. The van der Waals surface area contributed by atoms with Gasteiger partial charge in [0, 0.05) is 6.42 Å². The van der Waals surface area contributed by atoms with Crippen molar-refractivity contribution in [3.05, 3.63) is 64.1 Å². The van der Waals surface area contributed by atoms with Crippen molar-refractivity contribution in [3.63, 3.8) is 0 Å². The lowest BCUT2D eigenvalue weighted by Crippen LogP contribution is -2.14. The van der Waals surface area contributed by atoms with E-state index < -0.39 is 0 Å². The maximum Gasteiger partial charge on any atom is 0.225 e. The second-order valence-corrected chi connectivity index (χ2v) is 5.45. The van der Waals surface area contributed by atoms with E-state index in [1.54, 1.807) is 18.2 Å². The molecule has 104 valence electrons. The van der Waals surface area contributed by atoms with Crippen LogP contribution in [0, 0.1) is 0 Å². The number of benzene rings is 2. The standard InChI is InChI=1S/C16H15Cl2NO/c1-11(12-6-3-2-4-7-12)10-15(20)19-14-9-5-8-13(17)16(14)18/h2-9,11H,10H2,1H3,(H,19,20). The minimum Gasteiger partial charge on any atom is -0.325 e. The Hall–Kier alpha value is -1.51. The fraction of sp³-hybridized carbons (Fsp3) is 0.188. The number of hydrogen-bond acceptors (Lipinski definition) is 1. The molecule has 4 heteroatoms. The highest BCUT2D eigenvalue weighted by molar-refractivity contribution is 6.43. The first-order chi connectivity index (χ1) is 9.58. The molecule has 0 radical (unpaired) electrons. The lowest BCUT2D eigenvalue weighted by atomic mass is 9.97. The first-order valence-corrected chi connectivity index (χ1v) is 7.12. The van der Waals surface area contributed by atoms with E-state index in [0.717, 1.165) is 5.56 Å². The van der Waals surface area contributed by atoms with Gasteiger partial charge < -0.3 is 5.32 Å². The van der Waals surface area contributed by atoms with Gasteiger partial charge in [-0.1, -0.05) is 66.5 Å². The van der Waals surface area contributed by atoms with Crippen molar-refractivity contribution in [1.29, 1.82) is 0 Å². The molecule has 2 aromatic rings. The Morgan fingerprint density at radius 3 is 2.50 bits per heavy atom. The molecule has 2 nitrogen and oxygen atoms in total. The molecule has 0 bridgehead atoms.